The van der Waals surface area contributed by atoms with E-state index in [1.54, 1.807) is 7.11 Å². The first-order chi connectivity index (χ1) is 7.72. The second kappa shape index (κ2) is 6.24. The molecule has 0 amide bonds. The van der Waals surface area contributed by atoms with Gasteiger partial charge in [0.1, 0.15) is 18.0 Å². The molecular formula is C10H19N5O. The Labute approximate surface area is 95.6 Å². The summed E-state index contributed by atoms with van der Waals surface area (Å²) in [4.78, 5) is 8.20. The minimum absolute atomic E-state index is 0.240. The first kappa shape index (κ1) is 12.7. The Morgan fingerprint density at radius 1 is 1.44 bits per heavy atom. The van der Waals surface area contributed by atoms with E-state index < -0.39 is 0 Å². The summed E-state index contributed by atoms with van der Waals surface area (Å²) in [6.07, 6.45) is 2.44. The molecule has 0 aliphatic rings. The maximum Gasteiger partial charge on any atom is 0.148 e. The van der Waals surface area contributed by atoms with Crippen molar-refractivity contribution in [1.82, 2.24) is 9.97 Å². The molecule has 1 aromatic heterocycles. The standard InChI is InChI=1S/C10H19N5O/c1-4-8(5-16-3)14-9-7(2)10(15-11)13-6-12-9/h6,8H,4-5,11H2,1-3H3,(H2,12,13,14,15). The third-order valence-corrected chi connectivity index (χ3v) is 2.42. The molecule has 0 saturated carbocycles. The van der Waals surface area contributed by atoms with Crippen LogP contribution in [0.3, 0.4) is 0 Å². The Balaban J connectivity index is 2.79. The quantitative estimate of drug-likeness (QED) is 0.493. The third kappa shape index (κ3) is 3.04. The van der Waals surface area contributed by atoms with Crippen molar-refractivity contribution < 1.29 is 4.74 Å². The number of nitrogens with zero attached hydrogens (tertiary/aromatic N) is 2. The predicted molar refractivity (Wildman–Crippen MR) is 64.2 cm³/mol. The summed E-state index contributed by atoms with van der Waals surface area (Å²) in [5, 5.41) is 3.30. The van der Waals surface area contributed by atoms with E-state index in [4.69, 9.17) is 10.6 Å². The lowest BCUT2D eigenvalue weighted by molar-refractivity contribution is 0.184. The van der Waals surface area contributed by atoms with Crippen LogP contribution in [0.25, 0.3) is 0 Å². The maximum absolute atomic E-state index is 5.35. The predicted octanol–water partition coefficient (Wildman–Crippen LogP) is 0.908. The molecule has 0 spiro atoms. The summed E-state index contributed by atoms with van der Waals surface area (Å²) in [5.41, 5.74) is 3.44. The Kier molecular flexibility index (Phi) is 4.94. The number of rotatable bonds is 6. The molecule has 0 saturated heterocycles. The van der Waals surface area contributed by atoms with Crippen molar-refractivity contribution in [3.8, 4) is 0 Å². The molecule has 1 rings (SSSR count). The van der Waals surface area contributed by atoms with Gasteiger partial charge in [-0.15, -0.1) is 0 Å². The normalized spacial score (nSPS) is 12.2. The number of aromatic nitrogens is 2. The van der Waals surface area contributed by atoms with Crippen LogP contribution in [0, 0.1) is 6.92 Å². The number of anilines is 2. The first-order valence-corrected chi connectivity index (χ1v) is 5.26. The molecule has 0 radical (unpaired) electrons. The zero-order valence-electron chi connectivity index (χ0n) is 9.95. The van der Waals surface area contributed by atoms with E-state index in [2.05, 4.69) is 27.6 Å². The zero-order chi connectivity index (χ0) is 12.0. The molecule has 0 aromatic carbocycles. The second-order valence-electron chi connectivity index (χ2n) is 3.55. The van der Waals surface area contributed by atoms with Gasteiger partial charge in [0.2, 0.25) is 0 Å². The van der Waals surface area contributed by atoms with Gasteiger partial charge in [0, 0.05) is 12.7 Å². The van der Waals surface area contributed by atoms with Crippen LogP contribution in [0.4, 0.5) is 11.6 Å². The van der Waals surface area contributed by atoms with E-state index in [1.807, 2.05) is 6.92 Å². The van der Waals surface area contributed by atoms with Crippen molar-refractivity contribution in [2.24, 2.45) is 5.84 Å². The highest BCUT2D eigenvalue weighted by molar-refractivity contribution is 5.56. The third-order valence-electron chi connectivity index (χ3n) is 2.42. The van der Waals surface area contributed by atoms with Gasteiger partial charge in [0.15, 0.2) is 0 Å². The summed E-state index contributed by atoms with van der Waals surface area (Å²) in [5.74, 6) is 6.76. The van der Waals surface area contributed by atoms with Gasteiger partial charge in [-0.05, 0) is 13.3 Å². The number of hydrogen-bond acceptors (Lipinski definition) is 6. The SMILES string of the molecule is CCC(COC)Nc1ncnc(NN)c1C. The Hall–Kier alpha value is -1.40. The van der Waals surface area contributed by atoms with Crippen molar-refractivity contribution in [2.45, 2.75) is 26.3 Å². The number of nitrogens with two attached hydrogens (primary N) is 1. The van der Waals surface area contributed by atoms with Crippen molar-refractivity contribution in [1.29, 1.82) is 0 Å². The number of hydrazine groups is 1. The van der Waals surface area contributed by atoms with Gasteiger partial charge in [-0.1, -0.05) is 6.92 Å². The van der Waals surface area contributed by atoms with Gasteiger partial charge in [0.25, 0.3) is 0 Å². The van der Waals surface area contributed by atoms with Gasteiger partial charge < -0.3 is 15.5 Å². The van der Waals surface area contributed by atoms with Crippen molar-refractivity contribution >= 4 is 11.6 Å². The lowest BCUT2D eigenvalue weighted by Gasteiger charge is -2.18. The van der Waals surface area contributed by atoms with E-state index in [1.165, 1.54) is 6.33 Å². The van der Waals surface area contributed by atoms with E-state index in [0.717, 1.165) is 17.8 Å². The molecule has 90 valence electrons. The summed E-state index contributed by atoms with van der Waals surface area (Å²) < 4.78 is 5.12. The lowest BCUT2D eigenvalue weighted by Crippen LogP contribution is -2.25. The molecule has 16 heavy (non-hydrogen) atoms. The highest BCUT2D eigenvalue weighted by atomic mass is 16.5. The fourth-order valence-corrected chi connectivity index (χ4v) is 1.40. The lowest BCUT2D eigenvalue weighted by atomic mass is 10.2. The Bertz CT molecular complexity index is 331. The minimum atomic E-state index is 0.240. The van der Waals surface area contributed by atoms with Crippen LogP contribution in [0.1, 0.15) is 18.9 Å². The number of nitrogens with one attached hydrogen (secondary N) is 2. The molecular weight excluding hydrogens is 206 g/mol. The molecule has 4 N–H and O–H groups in total. The van der Waals surface area contributed by atoms with Crippen molar-refractivity contribution in [3.63, 3.8) is 0 Å². The second-order valence-corrected chi connectivity index (χ2v) is 3.55. The molecule has 6 nitrogen and oxygen atoms in total. The fraction of sp³-hybridized carbons (Fsp3) is 0.600. The number of ether oxygens (including phenoxy) is 1. The average molecular weight is 225 g/mol. The monoisotopic (exact) mass is 225 g/mol. The minimum Gasteiger partial charge on any atom is -0.383 e. The van der Waals surface area contributed by atoms with Crippen LogP contribution in [-0.4, -0.2) is 29.7 Å². The summed E-state index contributed by atoms with van der Waals surface area (Å²) in [7, 11) is 1.68. The van der Waals surface area contributed by atoms with Gasteiger partial charge >= 0.3 is 0 Å². The van der Waals surface area contributed by atoms with Crippen LogP contribution < -0.4 is 16.6 Å². The number of hydrogen-bond donors (Lipinski definition) is 3. The van der Waals surface area contributed by atoms with Crippen molar-refractivity contribution in [3.05, 3.63) is 11.9 Å². The molecule has 1 atom stereocenters. The zero-order valence-corrected chi connectivity index (χ0v) is 9.95. The van der Waals surface area contributed by atoms with Crippen LogP contribution in [-0.2, 0) is 4.74 Å². The molecule has 1 heterocycles. The highest BCUT2D eigenvalue weighted by Gasteiger charge is 2.10. The summed E-state index contributed by atoms with van der Waals surface area (Å²) >= 11 is 0. The van der Waals surface area contributed by atoms with E-state index >= 15 is 0 Å². The van der Waals surface area contributed by atoms with Gasteiger partial charge in [0.05, 0.1) is 12.6 Å². The highest BCUT2D eigenvalue weighted by Crippen LogP contribution is 2.18. The molecule has 6 heteroatoms. The number of nitrogen functional groups attached to an aromatic ring is 1. The van der Waals surface area contributed by atoms with Gasteiger partial charge in [-0.3, -0.25) is 0 Å². The topological polar surface area (TPSA) is 85.1 Å². The molecule has 0 aliphatic carbocycles. The van der Waals surface area contributed by atoms with Gasteiger partial charge in [-0.2, -0.15) is 0 Å². The first-order valence-electron chi connectivity index (χ1n) is 5.26. The summed E-state index contributed by atoms with van der Waals surface area (Å²) in [6.45, 7) is 4.65. The molecule has 0 fully saturated rings. The summed E-state index contributed by atoms with van der Waals surface area (Å²) in [6, 6.07) is 0.240. The van der Waals surface area contributed by atoms with E-state index in [9.17, 15) is 0 Å². The molecule has 0 bridgehead atoms. The number of methoxy groups -OCH3 is 1. The van der Waals surface area contributed by atoms with E-state index in [-0.39, 0.29) is 6.04 Å². The smallest absolute Gasteiger partial charge is 0.148 e. The maximum atomic E-state index is 5.35. The van der Waals surface area contributed by atoms with Gasteiger partial charge in [-0.25, -0.2) is 15.8 Å². The van der Waals surface area contributed by atoms with Crippen LogP contribution in [0.15, 0.2) is 6.33 Å². The molecule has 1 aromatic rings. The van der Waals surface area contributed by atoms with E-state index in [0.29, 0.717) is 12.4 Å². The van der Waals surface area contributed by atoms with Crippen LogP contribution in [0.5, 0.6) is 0 Å². The Morgan fingerprint density at radius 3 is 2.69 bits per heavy atom. The largest absolute Gasteiger partial charge is 0.383 e. The Morgan fingerprint density at radius 2 is 2.12 bits per heavy atom. The fourth-order valence-electron chi connectivity index (χ4n) is 1.40. The van der Waals surface area contributed by atoms with Crippen LogP contribution >= 0.6 is 0 Å². The van der Waals surface area contributed by atoms with Crippen molar-refractivity contribution in [2.75, 3.05) is 24.5 Å². The molecule has 0 aliphatic heterocycles. The average Bonchev–Trinajstić information content (AvgIpc) is 2.31. The van der Waals surface area contributed by atoms with Crippen LogP contribution in [0.2, 0.25) is 0 Å². The molecule has 1 unspecified atom stereocenters.